The first kappa shape index (κ1) is 23.8. The third-order valence-corrected chi connectivity index (χ3v) is 2.69. The van der Waals surface area contributed by atoms with E-state index < -0.39 is 11.7 Å². The molecule has 0 fully saturated rings. The molecule has 22 heavy (non-hydrogen) atoms. The van der Waals surface area contributed by atoms with E-state index in [4.69, 9.17) is 10.9 Å². The Kier molecular flexibility index (Phi) is 13.0. The average Bonchev–Trinajstić information content (AvgIpc) is 3.00. The van der Waals surface area contributed by atoms with Crippen molar-refractivity contribution < 1.29 is 51.0 Å². The van der Waals surface area contributed by atoms with Crippen molar-refractivity contribution >= 4 is 5.84 Å². The average molecular weight is 393 g/mol. The first-order valence-corrected chi connectivity index (χ1v) is 6.60. The molecule has 123 valence electrons. The van der Waals surface area contributed by atoms with Crippen molar-refractivity contribution in [2.24, 2.45) is 10.8 Å². The summed E-state index contributed by atoms with van der Waals surface area (Å²) in [6.45, 7) is 4.00. The van der Waals surface area contributed by atoms with Crippen LogP contribution in [0.1, 0.15) is 43.9 Å². The second-order valence-corrected chi connectivity index (χ2v) is 3.85. The molecule has 8 heteroatoms. The van der Waals surface area contributed by atoms with E-state index in [0.29, 0.717) is 24.2 Å². The molecule has 0 amide bonds. The maximum absolute atomic E-state index is 12.5. The summed E-state index contributed by atoms with van der Waals surface area (Å²) in [6.07, 6.45) is -3.06. The van der Waals surface area contributed by atoms with E-state index in [1.807, 2.05) is 13.8 Å². The maximum atomic E-state index is 12.5. The predicted molar refractivity (Wildman–Crippen MR) is 77.9 cm³/mol. The van der Waals surface area contributed by atoms with Crippen LogP contribution in [0, 0.1) is 0 Å². The zero-order valence-corrected chi connectivity index (χ0v) is 15.8. The van der Waals surface area contributed by atoms with Gasteiger partial charge in [-0.2, -0.15) is 13.2 Å². The summed E-state index contributed by atoms with van der Waals surface area (Å²) >= 11 is 0. The van der Waals surface area contributed by atoms with Gasteiger partial charge in [0.2, 0.25) is 0 Å². The molecule has 3 N–H and O–H groups in total. The van der Waals surface area contributed by atoms with Gasteiger partial charge in [-0.05, 0) is 30.5 Å². The number of halogens is 3. The quantitative estimate of drug-likeness (QED) is 0.563. The van der Waals surface area contributed by atoms with Crippen LogP contribution < -0.4 is 5.84 Å². The summed E-state index contributed by atoms with van der Waals surface area (Å²) < 4.78 is 37.6. The maximum Gasteiger partial charge on any atom is 0.416 e. The molecule has 1 radical (unpaired) electrons. The number of nitrogens with zero attached hydrogens (tertiary/aromatic N) is 2. The Morgan fingerprint density at radius 3 is 2.32 bits per heavy atom. The normalized spacial score (nSPS) is 16.2. The van der Waals surface area contributed by atoms with Crippen molar-refractivity contribution in [2.75, 3.05) is 7.11 Å². The SMILES string of the molecule is CC.CO.N[N-]C1=NC(c2cccc(C(F)(F)F)c2)CC1.[Y]. The topological polar surface area (TPSA) is 72.7 Å². The van der Waals surface area contributed by atoms with Gasteiger partial charge in [-0.3, -0.25) is 0 Å². The molecule has 1 aliphatic rings. The molecule has 1 aliphatic heterocycles. The van der Waals surface area contributed by atoms with Gasteiger partial charge >= 0.3 is 6.18 Å². The number of amidine groups is 1. The molecule has 1 aromatic carbocycles. The van der Waals surface area contributed by atoms with Crippen molar-refractivity contribution in [3.63, 3.8) is 0 Å². The number of hydrogen-bond acceptors (Lipinski definition) is 3. The van der Waals surface area contributed by atoms with Crippen LogP contribution in [-0.2, 0) is 38.9 Å². The summed E-state index contributed by atoms with van der Waals surface area (Å²) in [7, 11) is 1.00. The van der Waals surface area contributed by atoms with Crippen molar-refractivity contribution in [1.82, 2.24) is 0 Å². The van der Waals surface area contributed by atoms with Gasteiger partial charge in [-0.1, -0.05) is 37.9 Å². The minimum Gasteiger partial charge on any atom is -0.460 e. The second kappa shape index (κ2) is 12.0. The minimum absolute atomic E-state index is 0. The number of aliphatic hydroxyl groups excluding tert-OH is 1. The number of nitrogens with two attached hydrogens (primary N) is 1. The van der Waals surface area contributed by atoms with Crippen molar-refractivity contribution in [2.45, 2.75) is 38.9 Å². The Labute approximate surface area is 154 Å². The van der Waals surface area contributed by atoms with E-state index in [-0.39, 0.29) is 38.8 Å². The molecule has 1 atom stereocenters. The molecular weight excluding hydrogens is 372 g/mol. The Bertz CT molecular complexity index is 453. The second-order valence-electron chi connectivity index (χ2n) is 3.85. The van der Waals surface area contributed by atoms with Crippen molar-refractivity contribution in [3.8, 4) is 0 Å². The van der Waals surface area contributed by atoms with Crippen LogP contribution in [0.3, 0.4) is 0 Å². The molecule has 0 aliphatic carbocycles. The Balaban J connectivity index is 0. The number of benzene rings is 1. The molecule has 2 rings (SSSR count). The smallest absolute Gasteiger partial charge is 0.416 e. The fourth-order valence-corrected chi connectivity index (χ4v) is 1.84. The van der Waals surface area contributed by atoms with Gasteiger partial charge < -0.3 is 21.4 Å². The first-order chi connectivity index (χ1) is 10.0. The molecule has 0 bridgehead atoms. The van der Waals surface area contributed by atoms with E-state index in [0.717, 1.165) is 19.2 Å². The number of aliphatic hydroxyl groups is 1. The number of hydrogen-bond donors (Lipinski definition) is 2. The zero-order chi connectivity index (χ0) is 16.5. The third kappa shape index (κ3) is 7.18. The van der Waals surface area contributed by atoms with Gasteiger partial charge in [0.15, 0.2) is 0 Å². The van der Waals surface area contributed by atoms with E-state index in [9.17, 15) is 13.2 Å². The molecule has 1 unspecified atom stereocenters. The summed E-state index contributed by atoms with van der Waals surface area (Å²) in [5.74, 6) is 5.59. The van der Waals surface area contributed by atoms with Crippen molar-refractivity contribution in [1.29, 1.82) is 0 Å². The summed E-state index contributed by atoms with van der Waals surface area (Å²) in [6, 6.07) is 4.96. The molecule has 0 spiro atoms. The Morgan fingerprint density at radius 2 is 1.86 bits per heavy atom. The summed E-state index contributed by atoms with van der Waals surface area (Å²) in [5.41, 5.74) is 3.37. The van der Waals surface area contributed by atoms with Gasteiger partial charge in [0.1, 0.15) is 0 Å². The van der Waals surface area contributed by atoms with Crippen LogP contribution in [0.15, 0.2) is 29.3 Å². The van der Waals surface area contributed by atoms with Crippen LogP contribution >= 0.6 is 0 Å². The standard InChI is InChI=1S/C11H11F3N3.C2H6.CH4O.Y/c12-11(13,14)8-3-1-2-7(6-8)9-4-5-10(16-9)17-15;2*1-2;/h1-3,6,9H,4-5,15H2;1-2H3;2H,1H3;/q-1;;;. The fourth-order valence-electron chi connectivity index (χ4n) is 1.84. The molecule has 0 saturated carbocycles. The monoisotopic (exact) mass is 393 g/mol. The van der Waals surface area contributed by atoms with E-state index in [1.165, 1.54) is 6.07 Å². The first-order valence-electron chi connectivity index (χ1n) is 6.60. The van der Waals surface area contributed by atoms with Crippen LogP contribution in [0.25, 0.3) is 5.43 Å². The number of rotatable bonds is 1. The van der Waals surface area contributed by atoms with Crippen LogP contribution in [-0.4, -0.2) is 18.1 Å². The molecule has 1 aromatic rings. The zero-order valence-electron chi connectivity index (χ0n) is 12.9. The predicted octanol–water partition coefficient (Wildman–Crippen LogP) is 3.82. The van der Waals surface area contributed by atoms with Crippen molar-refractivity contribution in [3.05, 3.63) is 40.8 Å². The fraction of sp³-hybridized carbons (Fsp3) is 0.500. The minimum atomic E-state index is -4.32. The number of aliphatic imine (C=N–C) groups is 1. The van der Waals surface area contributed by atoms with Gasteiger partial charge in [0.25, 0.3) is 0 Å². The van der Waals surface area contributed by atoms with E-state index in [1.54, 1.807) is 6.07 Å². The van der Waals surface area contributed by atoms with Crippen LogP contribution in [0.2, 0.25) is 0 Å². The molecule has 0 saturated heterocycles. The third-order valence-electron chi connectivity index (χ3n) is 2.69. The van der Waals surface area contributed by atoms with Gasteiger partial charge in [0.05, 0.1) is 5.56 Å². The Morgan fingerprint density at radius 1 is 1.27 bits per heavy atom. The van der Waals surface area contributed by atoms with Gasteiger partial charge in [-0.25, -0.2) is 0 Å². The summed E-state index contributed by atoms with van der Waals surface area (Å²) in [5, 5.41) is 7.00. The number of alkyl halides is 3. The Hall–Kier alpha value is -0.496. The van der Waals surface area contributed by atoms with Crippen LogP contribution in [0.4, 0.5) is 13.2 Å². The molecule has 0 aromatic heterocycles. The van der Waals surface area contributed by atoms with Gasteiger partial charge in [0, 0.05) is 39.8 Å². The largest absolute Gasteiger partial charge is 0.460 e. The van der Waals surface area contributed by atoms with E-state index in [2.05, 4.69) is 10.4 Å². The summed E-state index contributed by atoms with van der Waals surface area (Å²) in [4.78, 5) is 4.16. The van der Waals surface area contributed by atoms with Gasteiger partial charge in [-0.15, -0.1) is 0 Å². The molecular formula is C14H21F3N3OY-. The molecule has 1 heterocycles. The van der Waals surface area contributed by atoms with Crippen LogP contribution in [0.5, 0.6) is 0 Å². The molecule has 4 nitrogen and oxygen atoms in total. The van der Waals surface area contributed by atoms with E-state index >= 15 is 0 Å².